The van der Waals surface area contributed by atoms with Crippen LogP contribution >= 0.6 is 0 Å². The first-order valence-electron chi connectivity index (χ1n) is 11.4. The number of hydrogen-bond donors (Lipinski definition) is 1. The predicted molar refractivity (Wildman–Crippen MR) is 132 cm³/mol. The van der Waals surface area contributed by atoms with Gasteiger partial charge in [-0.1, -0.05) is 99.6 Å². The minimum atomic E-state index is -0.621. The normalized spacial score (nSPS) is 9.73. The Balaban J connectivity index is -0.000000815. The van der Waals surface area contributed by atoms with E-state index in [1.807, 2.05) is 106 Å². The average molecular weight is 420 g/mol. The van der Waals surface area contributed by atoms with Crippen LogP contribution in [-0.2, 0) is 9.53 Å². The molecule has 0 radical (unpaired) electrons. The van der Waals surface area contributed by atoms with Gasteiger partial charge in [0, 0.05) is 5.56 Å². The van der Waals surface area contributed by atoms with Gasteiger partial charge >= 0.3 is 5.97 Å². The predicted octanol–water partition coefficient (Wildman–Crippen LogP) is 7.26. The van der Waals surface area contributed by atoms with E-state index >= 15 is 0 Å². The van der Waals surface area contributed by atoms with Gasteiger partial charge in [0.2, 0.25) is 0 Å². The second-order valence-corrected chi connectivity index (χ2v) is 5.74. The molecule has 0 spiro atoms. The van der Waals surface area contributed by atoms with Crippen molar-refractivity contribution in [3.63, 3.8) is 0 Å². The van der Waals surface area contributed by atoms with E-state index in [2.05, 4.69) is 5.32 Å². The molecule has 2 aromatic rings. The summed E-state index contributed by atoms with van der Waals surface area (Å²) in [6.45, 7) is 20.0. The molecular weight excluding hydrogens is 374 g/mol. The molecule has 30 heavy (non-hydrogen) atoms. The first-order chi connectivity index (χ1) is 14.5. The van der Waals surface area contributed by atoms with E-state index in [9.17, 15) is 9.59 Å². The summed E-state index contributed by atoms with van der Waals surface area (Å²) in [4.78, 5) is 24.2. The second kappa shape index (κ2) is 21.4. The Hall–Kier alpha value is -2.36. The standard InChI is InChI=1S/C18H21NO3.4C2H6/c1-12(2)10-16(18(21)22-3)19-17(20)15-9-8-13-6-4-5-7-14(13)11-15;4*1-2/h4-9,11-12,16H,10H2,1-3H3,(H,19,20);4*1-2H3/t16-;;;;/m1..../s1. The summed E-state index contributed by atoms with van der Waals surface area (Å²) < 4.78 is 4.77. The highest BCUT2D eigenvalue weighted by molar-refractivity contribution is 6.00. The molecule has 1 atom stereocenters. The van der Waals surface area contributed by atoms with Crippen LogP contribution in [0.15, 0.2) is 42.5 Å². The molecule has 0 aliphatic carbocycles. The number of carbonyl (C=O) groups is 2. The van der Waals surface area contributed by atoms with Gasteiger partial charge in [-0.25, -0.2) is 4.79 Å². The summed E-state index contributed by atoms with van der Waals surface area (Å²) in [6.07, 6.45) is 0.548. The zero-order valence-electron chi connectivity index (χ0n) is 21.1. The fraction of sp³-hybridized carbons (Fsp3) is 0.538. The molecule has 1 amide bonds. The molecule has 2 rings (SSSR count). The van der Waals surface area contributed by atoms with Gasteiger partial charge in [-0.15, -0.1) is 0 Å². The second-order valence-electron chi connectivity index (χ2n) is 5.74. The fourth-order valence-electron chi connectivity index (χ4n) is 2.40. The highest BCUT2D eigenvalue weighted by atomic mass is 16.5. The van der Waals surface area contributed by atoms with E-state index in [0.29, 0.717) is 12.0 Å². The van der Waals surface area contributed by atoms with Crippen molar-refractivity contribution in [1.82, 2.24) is 5.32 Å². The molecule has 0 aliphatic rings. The quantitative estimate of drug-likeness (QED) is 0.519. The fourth-order valence-corrected chi connectivity index (χ4v) is 2.40. The maximum absolute atomic E-state index is 12.4. The lowest BCUT2D eigenvalue weighted by molar-refractivity contribution is -0.143. The topological polar surface area (TPSA) is 55.4 Å². The molecule has 0 bridgehead atoms. The first-order valence-corrected chi connectivity index (χ1v) is 11.4. The maximum Gasteiger partial charge on any atom is 0.328 e. The van der Waals surface area contributed by atoms with E-state index in [1.165, 1.54) is 7.11 Å². The van der Waals surface area contributed by atoms with Crippen LogP contribution in [0, 0.1) is 5.92 Å². The number of fused-ring (bicyclic) bond motifs is 1. The molecule has 172 valence electrons. The summed E-state index contributed by atoms with van der Waals surface area (Å²) in [6, 6.07) is 12.7. The van der Waals surface area contributed by atoms with Crippen molar-refractivity contribution in [2.75, 3.05) is 7.11 Å². The van der Waals surface area contributed by atoms with Crippen molar-refractivity contribution in [3.8, 4) is 0 Å². The third kappa shape index (κ3) is 12.3. The number of esters is 1. The number of rotatable bonds is 5. The highest BCUT2D eigenvalue weighted by Gasteiger charge is 2.23. The summed E-state index contributed by atoms with van der Waals surface area (Å²) in [7, 11) is 1.33. The van der Waals surface area contributed by atoms with Crippen LogP contribution in [-0.4, -0.2) is 25.0 Å². The summed E-state index contributed by atoms with van der Waals surface area (Å²) in [5, 5.41) is 4.84. The third-order valence-corrected chi connectivity index (χ3v) is 3.51. The van der Waals surface area contributed by atoms with Crippen molar-refractivity contribution in [2.45, 2.75) is 81.7 Å². The SMILES string of the molecule is CC.CC.CC.CC.COC(=O)[C@@H](CC(C)C)NC(=O)c1ccc2ccccc2c1. The van der Waals surface area contributed by atoms with Crippen LogP contribution in [0.2, 0.25) is 0 Å². The molecule has 0 unspecified atom stereocenters. The Kier molecular flexibility index (Phi) is 23.0. The lowest BCUT2D eigenvalue weighted by Gasteiger charge is -2.18. The molecule has 1 N–H and O–H groups in total. The molecule has 0 saturated carbocycles. The van der Waals surface area contributed by atoms with Crippen LogP contribution in [0.1, 0.15) is 86.0 Å². The number of benzene rings is 2. The minimum Gasteiger partial charge on any atom is -0.467 e. The highest BCUT2D eigenvalue weighted by Crippen LogP contribution is 2.16. The van der Waals surface area contributed by atoms with Gasteiger partial charge in [0.1, 0.15) is 6.04 Å². The largest absolute Gasteiger partial charge is 0.467 e. The van der Waals surface area contributed by atoms with Crippen molar-refractivity contribution in [1.29, 1.82) is 0 Å². The molecule has 2 aromatic carbocycles. The molecule has 0 heterocycles. The molecule has 4 nitrogen and oxygen atoms in total. The van der Waals surface area contributed by atoms with E-state index < -0.39 is 12.0 Å². The zero-order chi connectivity index (χ0) is 24.1. The van der Waals surface area contributed by atoms with Gasteiger partial charge in [-0.05, 0) is 35.2 Å². The smallest absolute Gasteiger partial charge is 0.328 e. The monoisotopic (exact) mass is 419 g/mol. The van der Waals surface area contributed by atoms with E-state index in [1.54, 1.807) is 6.07 Å². The van der Waals surface area contributed by atoms with Crippen LogP contribution in [0.3, 0.4) is 0 Å². The Labute approximate surface area is 185 Å². The maximum atomic E-state index is 12.4. The lowest BCUT2D eigenvalue weighted by Crippen LogP contribution is -2.42. The van der Waals surface area contributed by atoms with Crippen LogP contribution < -0.4 is 5.32 Å². The van der Waals surface area contributed by atoms with Crippen molar-refractivity contribution in [2.24, 2.45) is 5.92 Å². The Morgan fingerprint density at radius 3 is 1.80 bits per heavy atom. The van der Waals surface area contributed by atoms with Crippen molar-refractivity contribution >= 4 is 22.6 Å². The van der Waals surface area contributed by atoms with Gasteiger partial charge in [0.25, 0.3) is 5.91 Å². The van der Waals surface area contributed by atoms with Crippen LogP contribution in [0.25, 0.3) is 10.8 Å². The van der Waals surface area contributed by atoms with Crippen molar-refractivity contribution in [3.05, 3.63) is 48.0 Å². The molecule has 0 aliphatic heterocycles. The average Bonchev–Trinajstić information content (AvgIpc) is 2.82. The van der Waals surface area contributed by atoms with Gasteiger partial charge in [0.05, 0.1) is 7.11 Å². The number of amides is 1. The van der Waals surface area contributed by atoms with Crippen molar-refractivity contribution < 1.29 is 14.3 Å². The number of methoxy groups -OCH3 is 1. The number of ether oxygens (including phenoxy) is 1. The molecule has 4 heteroatoms. The molecular formula is C26H45NO3. The van der Waals surface area contributed by atoms with E-state index in [4.69, 9.17) is 4.74 Å². The Morgan fingerprint density at radius 1 is 0.833 bits per heavy atom. The van der Waals surface area contributed by atoms with Crippen LogP contribution in [0.5, 0.6) is 0 Å². The lowest BCUT2D eigenvalue weighted by atomic mass is 10.0. The first kappa shape index (κ1) is 32.3. The summed E-state index contributed by atoms with van der Waals surface area (Å²) >= 11 is 0. The Morgan fingerprint density at radius 2 is 1.33 bits per heavy atom. The van der Waals surface area contributed by atoms with E-state index in [-0.39, 0.29) is 11.8 Å². The zero-order valence-corrected chi connectivity index (χ0v) is 21.1. The molecule has 0 aromatic heterocycles. The van der Waals surface area contributed by atoms with Gasteiger partial charge in [-0.3, -0.25) is 4.79 Å². The van der Waals surface area contributed by atoms with E-state index in [0.717, 1.165) is 10.8 Å². The number of nitrogens with one attached hydrogen (secondary N) is 1. The number of hydrogen-bond acceptors (Lipinski definition) is 3. The third-order valence-electron chi connectivity index (χ3n) is 3.51. The van der Waals surface area contributed by atoms with Gasteiger partial charge < -0.3 is 10.1 Å². The molecule has 0 fully saturated rings. The van der Waals surface area contributed by atoms with Gasteiger partial charge in [-0.2, -0.15) is 0 Å². The van der Waals surface area contributed by atoms with Gasteiger partial charge in [0.15, 0.2) is 0 Å². The summed E-state index contributed by atoms with van der Waals surface area (Å²) in [5.74, 6) is -0.398. The number of carbonyl (C=O) groups excluding carboxylic acids is 2. The Bertz CT molecular complexity index is 681. The van der Waals surface area contributed by atoms with Crippen LogP contribution in [0.4, 0.5) is 0 Å². The summed E-state index contributed by atoms with van der Waals surface area (Å²) in [5.41, 5.74) is 0.538. The minimum absolute atomic E-state index is 0.262. The molecule has 0 saturated heterocycles.